The van der Waals surface area contributed by atoms with Crippen molar-refractivity contribution in [3.05, 3.63) is 65.5 Å². The van der Waals surface area contributed by atoms with Gasteiger partial charge in [-0.1, -0.05) is 30.3 Å². The smallest absolute Gasteiger partial charge is 0.321 e. The monoisotopic (exact) mass is 369 g/mol. The summed E-state index contributed by atoms with van der Waals surface area (Å²) in [4.78, 5) is 27.9. The van der Waals surface area contributed by atoms with Crippen LogP contribution in [-0.4, -0.2) is 54.3 Å². The van der Waals surface area contributed by atoms with Crippen LogP contribution in [0.1, 0.15) is 22.8 Å². The molecule has 5 nitrogen and oxygen atoms in total. The van der Waals surface area contributed by atoms with Crippen LogP contribution in [0, 0.1) is 5.82 Å². The van der Waals surface area contributed by atoms with Crippen molar-refractivity contribution in [2.75, 3.05) is 38.0 Å². The number of benzene rings is 2. The number of carbonyl (C=O) groups is 2. The van der Waals surface area contributed by atoms with Gasteiger partial charge in [0.15, 0.2) is 5.78 Å². The summed E-state index contributed by atoms with van der Waals surface area (Å²) in [5.41, 5.74) is 1.92. The minimum absolute atomic E-state index is 0.0328. The lowest BCUT2D eigenvalue weighted by Gasteiger charge is -2.34. The third-order valence-electron chi connectivity index (χ3n) is 4.84. The van der Waals surface area contributed by atoms with E-state index in [0.29, 0.717) is 30.8 Å². The van der Waals surface area contributed by atoms with E-state index < -0.39 is 0 Å². The molecule has 0 aliphatic carbocycles. The Labute approximate surface area is 158 Å². The number of Topliss-reactive ketones (excluding diaryl/α,β-unsaturated/α-hetero) is 1. The molecule has 6 heteroatoms. The van der Waals surface area contributed by atoms with E-state index in [0.717, 1.165) is 25.2 Å². The molecule has 3 rings (SSSR count). The average molecular weight is 369 g/mol. The zero-order valence-electron chi connectivity index (χ0n) is 15.5. The van der Waals surface area contributed by atoms with Crippen LogP contribution < -0.4 is 5.32 Å². The minimum atomic E-state index is -0.164. The summed E-state index contributed by atoms with van der Waals surface area (Å²) in [6, 6.07) is 13.6. The summed E-state index contributed by atoms with van der Waals surface area (Å²) in [6.45, 7) is 5.04. The second-order valence-corrected chi connectivity index (χ2v) is 6.74. The zero-order valence-corrected chi connectivity index (χ0v) is 15.5. The van der Waals surface area contributed by atoms with Gasteiger partial charge in [-0.3, -0.25) is 9.69 Å². The van der Waals surface area contributed by atoms with E-state index in [4.69, 9.17) is 0 Å². The predicted molar refractivity (Wildman–Crippen MR) is 104 cm³/mol. The fourth-order valence-corrected chi connectivity index (χ4v) is 3.17. The van der Waals surface area contributed by atoms with Gasteiger partial charge in [0.2, 0.25) is 0 Å². The molecule has 0 unspecified atom stereocenters. The molecule has 1 N–H and O–H groups in total. The van der Waals surface area contributed by atoms with E-state index >= 15 is 0 Å². The Morgan fingerprint density at radius 3 is 2.48 bits per heavy atom. The van der Waals surface area contributed by atoms with E-state index in [9.17, 15) is 14.0 Å². The number of piperazine rings is 1. The Hall–Kier alpha value is -2.73. The molecule has 1 heterocycles. The minimum Gasteiger partial charge on any atom is -0.322 e. The second kappa shape index (κ2) is 8.77. The van der Waals surface area contributed by atoms with E-state index in [1.54, 1.807) is 35.2 Å². The van der Waals surface area contributed by atoms with Crippen molar-refractivity contribution in [1.29, 1.82) is 0 Å². The fraction of sp³-hybridized carbons (Fsp3) is 0.333. The summed E-state index contributed by atoms with van der Waals surface area (Å²) in [7, 11) is 0. The number of amides is 2. The summed E-state index contributed by atoms with van der Waals surface area (Å²) in [5, 5.41) is 2.85. The maximum absolute atomic E-state index is 13.7. The molecule has 27 heavy (non-hydrogen) atoms. The van der Waals surface area contributed by atoms with Crippen molar-refractivity contribution >= 4 is 17.5 Å². The third kappa shape index (κ3) is 5.14. The number of ketones is 1. The van der Waals surface area contributed by atoms with E-state index in [1.807, 2.05) is 12.1 Å². The largest absolute Gasteiger partial charge is 0.322 e. The summed E-state index contributed by atoms with van der Waals surface area (Å²) in [6.07, 6.45) is 0.663. The Morgan fingerprint density at radius 1 is 1.04 bits per heavy atom. The van der Waals surface area contributed by atoms with E-state index in [1.165, 1.54) is 13.0 Å². The Morgan fingerprint density at radius 2 is 1.78 bits per heavy atom. The molecule has 2 amide bonds. The molecule has 2 aromatic rings. The number of nitrogens with zero attached hydrogens (tertiary/aromatic N) is 2. The van der Waals surface area contributed by atoms with Gasteiger partial charge in [-0.25, -0.2) is 9.18 Å². The van der Waals surface area contributed by atoms with Crippen molar-refractivity contribution < 1.29 is 14.0 Å². The van der Waals surface area contributed by atoms with Gasteiger partial charge in [0.1, 0.15) is 5.82 Å². The molecule has 1 aliphatic heterocycles. The number of hydrogen-bond acceptors (Lipinski definition) is 3. The summed E-state index contributed by atoms with van der Waals surface area (Å²) < 4.78 is 13.7. The standard InChI is InChI=1S/C21H24FN3O2/c1-16(26)18-6-4-7-19(15-18)23-21(27)25-13-11-24(12-14-25)10-9-17-5-2-3-8-20(17)22/h2-8,15H,9-14H2,1H3,(H,23,27). The molecule has 0 radical (unpaired) electrons. The quantitative estimate of drug-likeness (QED) is 0.822. The normalized spacial score (nSPS) is 14.8. The molecule has 1 fully saturated rings. The molecular weight excluding hydrogens is 345 g/mol. The van der Waals surface area contributed by atoms with E-state index in [-0.39, 0.29) is 17.6 Å². The third-order valence-corrected chi connectivity index (χ3v) is 4.84. The Balaban J connectivity index is 1.47. The van der Waals surface area contributed by atoms with Crippen LogP contribution in [0.4, 0.5) is 14.9 Å². The number of rotatable bonds is 5. The van der Waals surface area contributed by atoms with Gasteiger partial charge in [-0.15, -0.1) is 0 Å². The predicted octanol–water partition coefficient (Wildman–Crippen LogP) is 3.42. The lowest BCUT2D eigenvalue weighted by atomic mass is 10.1. The Kier molecular flexibility index (Phi) is 6.19. The number of urea groups is 1. The SMILES string of the molecule is CC(=O)c1cccc(NC(=O)N2CCN(CCc3ccccc3F)CC2)c1. The zero-order chi connectivity index (χ0) is 19.2. The van der Waals surface area contributed by atoms with E-state index in [2.05, 4.69) is 10.2 Å². The molecular formula is C21H24FN3O2. The molecule has 0 bridgehead atoms. The second-order valence-electron chi connectivity index (χ2n) is 6.74. The Bertz CT molecular complexity index is 817. The van der Waals surface area contributed by atoms with Crippen LogP contribution in [0.5, 0.6) is 0 Å². The molecule has 1 aliphatic rings. The highest BCUT2D eigenvalue weighted by Gasteiger charge is 2.21. The van der Waals surface area contributed by atoms with Crippen LogP contribution in [0.2, 0.25) is 0 Å². The molecule has 0 atom stereocenters. The van der Waals surface area contributed by atoms with Gasteiger partial charge < -0.3 is 10.2 Å². The first-order chi connectivity index (χ1) is 13.0. The summed E-state index contributed by atoms with van der Waals surface area (Å²) in [5.74, 6) is -0.196. The maximum atomic E-state index is 13.7. The lowest BCUT2D eigenvalue weighted by molar-refractivity contribution is 0.101. The van der Waals surface area contributed by atoms with Crippen LogP contribution in [-0.2, 0) is 6.42 Å². The van der Waals surface area contributed by atoms with Crippen molar-refractivity contribution in [2.24, 2.45) is 0 Å². The highest BCUT2D eigenvalue weighted by Crippen LogP contribution is 2.13. The number of halogens is 1. The number of hydrogen-bond donors (Lipinski definition) is 1. The van der Waals surface area contributed by atoms with Gasteiger partial charge in [-0.05, 0) is 37.1 Å². The van der Waals surface area contributed by atoms with Gasteiger partial charge in [-0.2, -0.15) is 0 Å². The van der Waals surface area contributed by atoms with Gasteiger partial charge in [0, 0.05) is 44.0 Å². The molecule has 1 saturated heterocycles. The first-order valence-electron chi connectivity index (χ1n) is 9.15. The number of carbonyl (C=O) groups excluding carboxylic acids is 2. The first kappa shape index (κ1) is 19.0. The van der Waals surface area contributed by atoms with Gasteiger partial charge in [0.25, 0.3) is 0 Å². The molecule has 0 saturated carbocycles. The van der Waals surface area contributed by atoms with Crippen molar-refractivity contribution in [2.45, 2.75) is 13.3 Å². The highest BCUT2D eigenvalue weighted by atomic mass is 19.1. The topological polar surface area (TPSA) is 52.7 Å². The van der Waals surface area contributed by atoms with Crippen molar-refractivity contribution in [3.8, 4) is 0 Å². The first-order valence-corrected chi connectivity index (χ1v) is 9.15. The van der Waals surface area contributed by atoms with Gasteiger partial charge in [0.05, 0.1) is 0 Å². The maximum Gasteiger partial charge on any atom is 0.321 e. The van der Waals surface area contributed by atoms with Crippen molar-refractivity contribution in [3.63, 3.8) is 0 Å². The lowest BCUT2D eigenvalue weighted by Crippen LogP contribution is -2.50. The van der Waals surface area contributed by atoms with Crippen molar-refractivity contribution in [1.82, 2.24) is 9.80 Å². The molecule has 0 spiro atoms. The van der Waals surface area contributed by atoms with Crippen LogP contribution in [0.3, 0.4) is 0 Å². The molecule has 0 aromatic heterocycles. The molecule has 142 valence electrons. The highest BCUT2D eigenvalue weighted by molar-refractivity contribution is 5.96. The van der Waals surface area contributed by atoms with Crippen LogP contribution in [0.15, 0.2) is 48.5 Å². The molecule has 2 aromatic carbocycles. The van der Waals surface area contributed by atoms with Gasteiger partial charge >= 0.3 is 6.03 Å². The van der Waals surface area contributed by atoms with Crippen LogP contribution >= 0.6 is 0 Å². The average Bonchev–Trinajstić information content (AvgIpc) is 2.68. The van der Waals surface area contributed by atoms with Crippen LogP contribution in [0.25, 0.3) is 0 Å². The number of nitrogens with one attached hydrogen (secondary N) is 1. The summed E-state index contributed by atoms with van der Waals surface area (Å²) >= 11 is 0. The fourth-order valence-electron chi connectivity index (χ4n) is 3.17. The number of anilines is 1.